The Kier molecular flexibility index (Phi) is 8.76. The molecule has 1 saturated carbocycles. The molecule has 2 bridgehead atoms. The standard InChI is InChI=1S/C29H41N3O6.H2S/c1-16(2)25(28(35)36)31-22(33)6-5-12-30-23(34)15-18-7-9-19-20-14-17-8-10-21(37-4)26-24(17)29(19,27(18)38-26)11-13-32(20)3;/h8,10,16,18-20,25,27H,5-7,9,11-15H2,1-4H3,(H,30,34)(H,31,33)(H,35,36);1H2/t18-,19?,20-,25?,27+,29+;/m1./s1. The number of nitrogens with zero attached hydrogens (tertiary/aromatic N) is 1. The highest BCUT2D eigenvalue weighted by atomic mass is 32.1. The number of likely N-dealkylation sites (tertiary alicyclic amines) is 1. The number of ether oxygens (including phenoxy) is 2. The van der Waals surface area contributed by atoms with E-state index in [9.17, 15) is 19.5 Å². The molecule has 1 aromatic rings. The summed E-state index contributed by atoms with van der Waals surface area (Å²) in [5.74, 6) is 0.738. The number of methoxy groups -OCH3 is 1. The van der Waals surface area contributed by atoms with Gasteiger partial charge in [-0.25, -0.2) is 4.79 Å². The molecule has 2 amide bonds. The zero-order valence-corrected chi connectivity index (χ0v) is 24.4. The molecule has 1 spiro atoms. The molecule has 4 aliphatic rings. The maximum absolute atomic E-state index is 13.0. The molecule has 3 N–H and O–H groups in total. The molecular weight excluding hydrogens is 518 g/mol. The van der Waals surface area contributed by atoms with Gasteiger partial charge >= 0.3 is 5.97 Å². The van der Waals surface area contributed by atoms with Crippen LogP contribution in [0.1, 0.15) is 63.5 Å². The smallest absolute Gasteiger partial charge is 0.326 e. The lowest BCUT2D eigenvalue weighted by Gasteiger charge is -2.59. The molecule has 5 rings (SSSR count). The number of carbonyl (C=O) groups excluding carboxylic acids is 2. The molecule has 6 atom stereocenters. The molecule has 2 heterocycles. The Morgan fingerprint density at radius 1 is 1.23 bits per heavy atom. The number of hydrogen-bond donors (Lipinski definition) is 3. The average Bonchev–Trinajstić information content (AvgIpc) is 3.23. The van der Waals surface area contributed by atoms with Gasteiger partial charge in [-0.2, -0.15) is 13.5 Å². The number of carboxylic acids is 1. The Morgan fingerprint density at radius 2 is 2.00 bits per heavy atom. The number of rotatable bonds is 10. The monoisotopic (exact) mass is 561 g/mol. The van der Waals surface area contributed by atoms with Crippen molar-refractivity contribution in [2.24, 2.45) is 17.8 Å². The maximum Gasteiger partial charge on any atom is 0.326 e. The van der Waals surface area contributed by atoms with Crippen molar-refractivity contribution in [3.8, 4) is 11.5 Å². The summed E-state index contributed by atoms with van der Waals surface area (Å²) in [6.45, 7) is 4.92. The summed E-state index contributed by atoms with van der Waals surface area (Å²) in [6, 6.07) is 3.83. The first-order chi connectivity index (χ1) is 18.2. The molecular formula is C29H43N3O6S. The van der Waals surface area contributed by atoms with Crippen LogP contribution in [0.15, 0.2) is 12.1 Å². The van der Waals surface area contributed by atoms with Gasteiger partial charge in [-0.3, -0.25) is 9.59 Å². The average molecular weight is 562 g/mol. The van der Waals surface area contributed by atoms with E-state index in [0.29, 0.717) is 31.3 Å². The largest absolute Gasteiger partial charge is 0.493 e. The number of carboxylic acid groups (broad SMARTS) is 1. The van der Waals surface area contributed by atoms with Crippen LogP contribution in [-0.4, -0.2) is 73.2 Å². The third kappa shape index (κ3) is 5.10. The lowest BCUT2D eigenvalue weighted by Crippen LogP contribution is -2.65. The molecule has 2 aliphatic heterocycles. The van der Waals surface area contributed by atoms with E-state index in [4.69, 9.17) is 9.47 Å². The van der Waals surface area contributed by atoms with E-state index >= 15 is 0 Å². The van der Waals surface area contributed by atoms with Gasteiger partial charge in [0.25, 0.3) is 0 Å². The minimum absolute atomic E-state index is 0. The number of nitrogens with one attached hydrogen (secondary N) is 2. The van der Waals surface area contributed by atoms with Crippen molar-refractivity contribution in [3.05, 3.63) is 23.3 Å². The Balaban J connectivity index is 0.00000353. The number of carbonyl (C=O) groups is 3. The van der Waals surface area contributed by atoms with Gasteiger partial charge in [-0.1, -0.05) is 19.9 Å². The van der Waals surface area contributed by atoms with Crippen molar-refractivity contribution in [2.45, 2.75) is 82.4 Å². The van der Waals surface area contributed by atoms with Crippen LogP contribution >= 0.6 is 13.5 Å². The molecule has 1 aromatic carbocycles. The van der Waals surface area contributed by atoms with Crippen LogP contribution in [0.4, 0.5) is 0 Å². The van der Waals surface area contributed by atoms with Gasteiger partial charge in [0.1, 0.15) is 12.1 Å². The van der Waals surface area contributed by atoms with Crippen LogP contribution < -0.4 is 20.1 Å². The summed E-state index contributed by atoms with van der Waals surface area (Å²) in [4.78, 5) is 39.0. The van der Waals surface area contributed by atoms with Crippen molar-refractivity contribution in [1.29, 1.82) is 0 Å². The quantitative estimate of drug-likeness (QED) is 0.376. The Hall–Kier alpha value is -2.46. The van der Waals surface area contributed by atoms with Gasteiger partial charge in [0.2, 0.25) is 11.8 Å². The minimum Gasteiger partial charge on any atom is -0.493 e. The van der Waals surface area contributed by atoms with Crippen molar-refractivity contribution >= 4 is 31.3 Å². The van der Waals surface area contributed by atoms with Gasteiger partial charge in [0.05, 0.1) is 7.11 Å². The third-order valence-corrected chi connectivity index (χ3v) is 9.52. The van der Waals surface area contributed by atoms with E-state index < -0.39 is 12.0 Å². The second-order valence-corrected chi connectivity index (χ2v) is 11.9. The van der Waals surface area contributed by atoms with E-state index in [0.717, 1.165) is 43.7 Å². The van der Waals surface area contributed by atoms with Crippen LogP contribution in [-0.2, 0) is 26.2 Å². The van der Waals surface area contributed by atoms with E-state index in [1.165, 1.54) is 11.1 Å². The van der Waals surface area contributed by atoms with Gasteiger partial charge in [0, 0.05) is 42.3 Å². The van der Waals surface area contributed by atoms with Gasteiger partial charge in [-0.15, -0.1) is 0 Å². The highest BCUT2D eigenvalue weighted by Crippen LogP contribution is 2.65. The second-order valence-electron chi connectivity index (χ2n) is 11.9. The van der Waals surface area contributed by atoms with E-state index in [1.54, 1.807) is 21.0 Å². The summed E-state index contributed by atoms with van der Waals surface area (Å²) in [6.07, 6.45) is 5.09. The minimum atomic E-state index is -1.04. The van der Waals surface area contributed by atoms with Crippen LogP contribution in [0.2, 0.25) is 0 Å². The number of piperidine rings is 1. The third-order valence-electron chi connectivity index (χ3n) is 9.52. The maximum atomic E-state index is 13.0. The van der Waals surface area contributed by atoms with Gasteiger partial charge in [0.15, 0.2) is 11.5 Å². The van der Waals surface area contributed by atoms with Crippen LogP contribution in [0.5, 0.6) is 11.5 Å². The number of likely N-dealkylation sites (N-methyl/N-ethyl adjacent to an activating group) is 1. The fourth-order valence-electron chi connectivity index (χ4n) is 7.75. The van der Waals surface area contributed by atoms with E-state index in [2.05, 4.69) is 28.6 Å². The van der Waals surface area contributed by atoms with Crippen LogP contribution in [0.3, 0.4) is 0 Å². The summed E-state index contributed by atoms with van der Waals surface area (Å²) in [5, 5.41) is 14.8. The molecule has 2 unspecified atom stereocenters. The van der Waals surface area contributed by atoms with Gasteiger partial charge < -0.3 is 30.1 Å². The van der Waals surface area contributed by atoms with Crippen LogP contribution in [0, 0.1) is 17.8 Å². The summed E-state index contributed by atoms with van der Waals surface area (Å²) >= 11 is 0. The molecule has 9 nitrogen and oxygen atoms in total. The molecule has 1 saturated heterocycles. The molecule has 0 aromatic heterocycles. The Labute approximate surface area is 237 Å². The highest BCUT2D eigenvalue weighted by molar-refractivity contribution is 7.59. The predicted molar refractivity (Wildman–Crippen MR) is 152 cm³/mol. The van der Waals surface area contributed by atoms with Gasteiger partial charge in [-0.05, 0) is 69.2 Å². The highest BCUT2D eigenvalue weighted by Gasteiger charge is 2.65. The molecule has 2 aliphatic carbocycles. The van der Waals surface area contributed by atoms with Crippen molar-refractivity contribution < 1.29 is 29.0 Å². The molecule has 216 valence electrons. The normalized spacial score (nSPS) is 28.9. The van der Waals surface area contributed by atoms with E-state index in [1.807, 2.05) is 6.07 Å². The molecule has 0 radical (unpaired) electrons. The zero-order chi connectivity index (χ0) is 27.2. The van der Waals surface area contributed by atoms with Crippen molar-refractivity contribution in [3.63, 3.8) is 0 Å². The van der Waals surface area contributed by atoms with Crippen molar-refractivity contribution in [2.75, 3.05) is 27.2 Å². The SMILES string of the molecule is COc1ccc2c3c1O[C@H]1[C@@H](CC(=O)NCCCC(=O)NC(C(=O)O)C(C)C)CCC4[C@@H](C2)N(C)CC[C@@]341.S. The molecule has 2 fully saturated rings. The second kappa shape index (κ2) is 11.6. The summed E-state index contributed by atoms with van der Waals surface area (Å²) < 4.78 is 12.5. The molecule has 10 heteroatoms. The first kappa shape index (κ1) is 29.5. The fourth-order valence-corrected chi connectivity index (χ4v) is 7.75. The van der Waals surface area contributed by atoms with Crippen LogP contribution in [0.25, 0.3) is 0 Å². The summed E-state index contributed by atoms with van der Waals surface area (Å²) in [7, 11) is 3.93. The number of benzene rings is 1. The first-order valence-electron chi connectivity index (χ1n) is 14.0. The zero-order valence-electron chi connectivity index (χ0n) is 23.4. The lowest BCUT2D eigenvalue weighted by molar-refractivity contribution is -0.143. The number of hydrogen-bond acceptors (Lipinski definition) is 6. The first-order valence-corrected chi connectivity index (χ1v) is 14.0. The number of aliphatic carboxylic acids is 1. The number of amides is 2. The Bertz CT molecular complexity index is 1110. The Morgan fingerprint density at radius 3 is 2.69 bits per heavy atom. The molecule has 39 heavy (non-hydrogen) atoms. The van der Waals surface area contributed by atoms with E-state index in [-0.39, 0.29) is 55.1 Å². The topological polar surface area (TPSA) is 117 Å². The van der Waals surface area contributed by atoms with Crippen molar-refractivity contribution in [1.82, 2.24) is 15.5 Å². The predicted octanol–water partition coefficient (Wildman–Crippen LogP) is 2.61. The summed E-state index contributed by atoms with van der Waals surface area (Å²) in [5.41, 5.74) is 2.64. The fraction of sp³-hybridized carbons (Fsp3) is 0.690. The lowest BCUT2D eigenvalue weighted by atomic mass is 9.50.